The van der Waals surface area contributed by atoms with Crippen molar-refractivity contribution in [2.75, 3.05) is 0 Å². The number of nitrogens with one attached hydrogen (secondary N) is 1. The number of urea groups is 1. The molecule has 1 unspecified atom stereocenters. The number of carbonyl (C=O) groups excluding carboxylic acids is 2. The second-order valence-corrected chi connectivity index (χ2v) is 7.38. The fourth-order valence-corrected chi connectivity index (χ4v) is 3.02. The van der Waals surface area contributed by atoms with Crippen molar-refractivity contribution in [2.45, 2.75) is 32.9 Å². The first-order chi connectivity index (χ1) is 13.4. The standard InChI is InChI=1S/C21H20Cl2N2O3/c1-3-13(2)28-19-9-6-15(10-17(19)23)11-18-20(26)25(21(27)24-18)12-14-4-7-16(22)8-5-14/h4-11,13H,3,12H2,1-2H3,(H,24,27). The van der Waals surface area contributed by atoms with E-state index in [0.29, 0.717) is 21.4 Å². The summed E-state index contributed by atoms with van der Waals surface area (Å²) in [5, 5.41) is 3.65. The zero-order valence-electron chi connectivity index (χ0n) is 15.5. The highest BCUT2D eigenvalue weighted by Crippen LogP contribution is 2.28. The molecule has 1 aliphatic rings. The van der Waals surface area contributed by atoms with E-state index in [1.165, 1.54) is 0 Å². The molecule has 0 bridgehead atoms. The molecule has 5 nitrogen and oxygen atoms in total. The summed E-state index contributed by atoms with van der Waals surface area (Å²) in [5.74, 6) is 0.195. The molecule has 1 aliphatic heterocycles. The van der Waals surface area contributed by atoms with Crippen molar-refractivity contribution in [3.63, 3.8) is 0 Å². The third-order valence-electron chi connectivity index (χ3n) is 4.39. The van der Waals surface area contributed by atoms with E-state index in [1.807, 2.05) is 13.8 Å². The number of ether oxygens (including phenoxy) is 1. The SMILES string of the molecule is CCC(C)Oc1ccc(C=C2NC(=O)N(Cc3ccc(Cl)cc3)C2=O)cc1Cl. The van der Waals surface area contributed by atoms with E-state index < -0.39 is 11.9 Å². The predicted molar refractivity (Wildman–Crippen MR) is 110 cm³/mol. The maximum Gasteiger partial charge on any atom is 0.329 e. The van der Waals surface area contributed by atoms with Crippen LogP contribution in [0.2, 0.25) is 10.0 Å². The molecule has 1 atom stereocenters. The van der Waals surface area contributed by atoms with Gasteiger partial charge in [0.05, 0.1) is 17.7 Å². The van der Waals surface area contributed by atoms with E-state index in [9.17, 15) is 9.59 Å². The molecule has 3 amide bonds. The highest BCUT2D eigenvalue weighted by atomic mass is 35.5. The van der Waals surface area contributed by atoms with Crippen molar-refractivity contribution in [1.82, 2.24) is 10.2 Å². The molecule has 1 N–H and O–H groups in total. The minimum absolute atomic E-state index is 0.0545. The van der Waals surface area contributed by atoms with Crippen LogP contribution in [0.1, 0.15) is 31.4 Å². The summed E-state index contributed by atoms with van der Waals surface area (Å²) in [5.41, 5.74) is 1.70. The molecule has 1 heterocycles. The van der Waals surface area contributed by atoms with Crippen LogP contribution < -0.4 is 10.1 Å². The van der Waals surface area contributed by atoms with Gasteiger partial charge in [0.1, 0.15) is 11.4 Å². The average Bonchev–Trinajstić information content (AvgIpc) is 2.93. The van der Waals surface area contributed by atoms with Crippen LogP contribution in [0.3, 0.4) is 0 Å². The summed E-state index contributed by atoms with van der Waals surface area (Å²) >= 11 is 12.2. The number of amides is 3. The second kappa shape index (κ2) is 8.67. The quantitative estimate of drug-likeness (QED) is 0.513. The summed E-state index contributed by atoms with van der Waals surface area (Å²) in [6.45, 7) is 4.16. The van der Waals surface area contributed by atoms with Gasteiger partial charge < -0.3 is 10.1 Å². The van der Waals surface area contributed by atoms with E-state index in [4.69, 9.17) is 27.9 Å². The summed E-state index contributed by atoms with van der Waals surface area (Å²) < 4.78 is 5.74. The van der Waals surface area contributed by atoms with Gasteiger partial charge in [0.2, 0.25) is 0 Å². The number of imide groups is 1. The number of halogens is 2. The van der Waals surface area contributed by atoms with E-state index >= 15 is 0 Å². The average molecular weight is 419 g/mol. The van der Waals surface area contributed by atoms with Crippen LogP contribution >= 0.6 is 23.2 Å². The third-order valence-corrected chi connectivity index (χ3v) is 4.93. The monoisotopic (exact) mass is 418 g/mol. The van der Waals surface area contributed by atoms with Gasteiger partial charge in [-0.1, -0.05) is 48.3 Å². The number of nitrogens with zero attached hydrogens (tertiary/aromatic N) is 1. The molecule has 28 heavy (non-hydrogen) atoms. The van der Waals surface area contributed by atoms with Crippen molar-refractivity contribution < 1.29 is 14.3 Å². The normalized spacial score (nSPS) is 16.4. The highest BCUT2D eigenvalue weighted by molar-refractivity contribution is 6.32. The third kappa shape index (κ3) is 4.66. The minimum atomic E-state index is -0.464. The molecule has 0 aliphatic carbocycles. The van der Waals surface area contributed by atoms with E-state index in [0.717, 1.165) is 16.9 Å². The summed E-state index contributed by atoms with van der Waals surface area (Å²) in [7, 11) is 0. The number of hydrogen-bond donors (Lipinski definition) is 1. The number of hydrogen-bond acceptors (Lipinski definition) is 3. The van der Waals surface area contributed by atoms with E-state index in [1.54, 1.807) is 48.5 Å². The molecule has 146 valence electrons. The molecule has 0 radical (unpaired) electrons. The Balaban J connectivity index is 1.76. The van der Waals surface area contributed by atoms with Crippen LogP contribution in [0.5, 0.6) is 5.75 Å². The zero-order valence-corrected chi connectivity index (χ0v) is 17.1. The van der Waals surface area contributed by atoms with Gasteiger partial charge in [-0.15, -0.1) is 0 Å². The van der Waals surface area contributed by atoms with E-state index in [-0.39, 0.29) is 18.3 Å². The Kier molecular flexibility index (Phi) is 6.27. The minimum Gasteiger partial charge on any atom is -0.489 e. The molecule has 2 aromatic rings. The molecule has 2 aromatic carbocycles. The van der Waals surface area contributed by atoms with Crippen LogP contribution in [0.4, 0.5) is 4.79 Å². The Bertz CT molecular complexity index is 926. The Morgan fingerprint density at radius 1 is 1.14 bits per heavy atom. The van der Waals surface area contributed by atoms with Gasteiger partial charge >= 0.3 is 6.03 Å². The molecular weight excluding hydrogens is 399 g/mol. The number of benzene rings is 2. The lowest BCUT2D eigenvalue weighted by Crippen LogP contribution is -2.30. The Hall–Kier alpha value is -2.50. The highest BCUT2D eigenvalue weighted by Gasteiger charge is 2.33. The van der Waals surface area contributed by atoms with Crippen LogP contribution in [0.25, 0.3) is 6.08 Å². The van der Waals surface area contributed by atoms with Crippen LogP contribution in [-0.4, -0.2) is 22.9 Å². The van der Waals surface area contributed by atoms with Crippen LogP contribution in [-0.2, 0) is 11.3 Å². The van der Waals surface area contributed by atoms with Crippen molar-refractivity contribution >= 4 is 41.2 Å². The molecule has 3 rings (SSSR count). The van der Waals surface area contributed by atoms with Gasteiger partial charge in [-0.2, -0.15) is 0 Å². The lowest BCUT2D eigenvalue weighted by Gasteiger charge is -2.14. The predicted octanol–water partition coefficient (Wildman–Crippen LogP) is 5.26. The van der Waals surface area contributed by atoms with Gasteiger partial charge in [0.15, 0.2) is 0 Å². The largest absolute Gasteiger partial charge is 0.489 e. The Labute approximate surface area is 173 Å². The zero-order chi connectivity index (χ0) is 20.3. The van der Waals surface area contributed by atoms with Crippen molar-refractivity contribution in [2.24, 2.45) is 0 Å². The Morgan fingerprint density at radius 3 is 2.50 bits per heavy atom. The van der Waals surface area contributed by atoms with Gasteiger partial charge in [0, 0.05) is 5.02 Å². The lowest BCUT2D eigenvalue weighted by atomic mass is 10.1. The first-order valence-electron chi connectivity index (χ1n) is 8.92. The van der Waals surface area contributed by atoms with Crippen LogP contribution in [0, 0.1) is 0 Å². The number of carbonyl (C=O) groups is 2. The molecule has 0 aromatic heterocycles. The molecular formula is C21H20Cl2N2O3. The van der Waals surface area contributed by atoms with E-state index in [2.05, 4.69) is 5.32 Å². The topological polar surface area (TPSA) is 58.6 Å². The molecule has 0 spiro atoms. The fourth-order valence-electron chi connectivity index (χ4n) is 2.66. The Morgan fingerprint density at radius 2 is 1.86 bits per heavy atom. The molecule has 1 fully saturated rings. The van der Waals surface area contributed by atoms with Gasteiger partial charge in [-0.25, -0.2) is 4.79 Å². The second-order valence-electron chi connectivity index (χ2n) is 6.53. The summed E-state index contributed by atoms with van der Waals surface area (Å²) in [4.78, 5) is 26.0. The maximum absolute atomic E-state index is 12.6. The van der Waals surface area contributed by atoms with Crippen molar-refractivity contribution in [3.8, 4) is 5.75 Å². The number of rotatable bonds is 6. The molecule has 1 saturated heterocycles. The van der Waals surface area contributed by atoms with Gasteiger partial charge in [-0.05, 0) is 54.8 Å². The smallest absolute Gasteiger partial charge is 0.329 e. The summed E-state index contributed by atoms with van der Waals surface area (Å²) in [6.07, 6.45) is 2.52. The lowest BCUT2D eigenvalue weighted by molar-refractivity contribution is -0.123. The van der Waals surface area contributed by atoms with Crippen LogP contribution in [0.15, 0.2) is 48.2 Å². The van der Waals surface area contributed by atoms with Gasteiger partial charge in [-0.3, -0.25) is 9.69 Å². The fraction of sp³-hybridized carbons (Fsp3) is 0.238. The first-order valence-corrected chi connectivity index (χ1v) is 9.68. The van der Waals surface area contributed by atoms with Crippen molar-refractivity contribution in [1.29, 1.82) is 0 Å². The maximum atomic E-state index is 12.6. The molecule has 7 heteroatoms. The summed E-state index contributed by atoms with van der Waals surface area (Å²) in [6, 6.07) is 11.8. The molecule has 0 saturated carbocycles. The van der Waals surface area contributed by atoms with Gasteiger partial charge in [0.25, 0.3) is 5.91 Å². The van der Waals surface area contributed by atoms with Crippen molar-refractivity contribution in [3.05, 3.63) is 69.3 Å². The first kappa shape index (κ1) is 20.2.